The molecule has 0 N–H and O–H groups in total. The quantitative estimate of drug-likeness (QED) is 0.762. The lowest BCUT2D eigenvalue weighted by Crippen LogP contribution is -2.41. The van der Waals surface area contributed by atoms with Gasteiger partial charge in [-0.15, -0.1) is 0 Å². The Morgan fingerprint density at radius 1 is 1.13 bits per heavy atom. The van der Waals surface area contributed by atoms with Crippen molar-refractivity contribution in [2.45, 2.75) is 44.9 Å². The van der Waals surface area contributed by atoms with Crippen LogP contribution in [0.5, 0.6) is 0 Å². The summed E-state index contributed by atoms with van der Waals surface area (Å²) >= 11 is 0. The molecule has 154 valence electrons. The van der Waals surface area contributed by atoms with E-state index in [9.17, 15) is 14.9 Å². The van der Waals surface area contributed by atoms with E-state index in [0.717, 1.165) is 11.1 Å². The summed E-state index contributed by atoms with van der Waals surface area (Å²) in [5, 5.41) is 9.18. The summed E-state index contributed by atoms with van der Waals surface area (Å²) in [5.74, 6) is -0.0912. The number of benzene rings is 2. The highest BCUT2D eigenvalue weighted by Gasteiger charge is 2.44. The first-order chi connectivity index (χ1) is 14.3. The minimum atomic E-state index is -0.579. The van der Waals surface area contributed by atoms with Crippen molar-refractivity contribution in [3.63, 3.8) is 0 Å². The first kappa shape index (κ1) is 20.0. The zero-order valence-corrected chi connectivity index (χ0v) is 17.5. The monoisotopic (exact) mass is 403 g/mol. The van der Waals surface area contributed by atoms with Gasteiger partial charge in [0.05, 0.1) is 17.7 Å². The van der Waals surface area contributed by atoms with Crippen LogP contribution in [0.4, 0.5) is 4.79 Å². The Morgan fingerprint density at radius 2 is 1.87 bits per heavy atom. The van der Waals surface area contributed by atoms with E-state index in [1.54, 1.807) is 17.0 Å². The number of carbonyl (C=O) groups is 2. The SMILES string of the molecule is CC(C)(C)OC(=O)N1CC(c2ccccc2)C(N2Cc3ccc(C#N)cc3C2=O)C1. The van der Waals surface area contributed by atoms with Crippen LogP contribution in [0.3, 0.4) is 0 Å². The molecule has 4 rings (SSSR count). The van der Waals surface area contributed by atoms with Crippen LogP contribution in [0.15, 0.2) is 48.5 Å². The zero-order chi connectivity index (χ0) is 21.5. The Balaban J connectivity index is 1.63. The largest absolute Gasteiger partial charge is 0.444 e. The summed E-state index contributed by atoms with van der Waals surface area (Å²) in [6, 6.07) is 17.2. The van der Waals surface area contributed by atoms with Crippen LogP contribution in [0, 0.1) is 11.3 Å². The van der Waals surface area contributed by atoms with E-state index in [-0.39, 0.29) is 24.0 Å². The summed E-state index contributed by atoms with van der Waals surface area (Å²) in [4.78, 5) is 29.5. The number of hydrogen-bond donors (Lipinski definition) is 0. The molecule has 0 aliphatic carbocycles. The van der Waals surface area contributed by atoms with Gasteiger partial charge in [-0.05, 0) is 44.0 Å². The Kier molecular flexibility index (Phi) is 4.98. The van der Waals surface area contributed by atoms with Crippen LogP contribution >= 0.6 is 0 Å². The molecule has 2 unspecified atom stereocenters. The van der Waals surface area contributed by atoms with Crippen LogP contribution in [0.1, 0.15) is 53.7 Å². The molecular weight excluding hydrogens is 378 g/mol. The smallest absolute Gasteiger partial charge is 0.410 e. The van der Waals surface area contributed by atoms with Gasteiger partial charge in [0.1, 0.15) is 5.60 Å². The standard InChI is InChI=1S/C24H25N3O3/c1-24(2,3)30-23(29)26-14-20(17-7-5-4-6-8-17)21(15-26)27-13-18-10-9-16(12-25)11-19(18)22(27)28/h4-11,20-21H,13-15H2,1-3H3. The van der Waals surface area contributed by atoms with Crippen LogP contribution < -0.4 is 0 Å². The van der Waals surface area contributed by atoms with Crippen LogP contribution in [0.2, 0.25) is 0 Å². The zero-order valence-electron chi connectivity index (χ0n) is 17.5. The molecule has 0 spiro atoms. The second-order valence-electron chi connectivity index (χ2n) is 8.89. The van der Waals surface area contributed by atoms with Gasteiger partial charge in [-0.25, -0.2) is 4.79 Å². The maximum atomic E-state index is 13.2. The normalized spacial score (nSPS) is 20.8. The molecule has 1 fully saturated rings. The van der Waals surface area contributed by atoms with Crippen LogP contribution in [-0.4, -0.2) is 46.5 Å². The molecule has 2 heterocycles. The minimum absolute atomic E-state index is 0.00702. The van der Waals surface area contributed by atoms with Crippen molar-refractivity contribution in [2.75, 3.05) is 13.1 Å². The van der Waals surface area contributed by atoms with E-state index in [1.807, 2.05) is 62.1 Å². The van der Waals surface area contributed by atoms with Gasteiger partial charge < -0.3 is 14.5 Å². The van der Waals surface area contributed by atoms with Gasteiger partial charge in [-0.3, -0.25) is 4.79 Å². The summed E-state index contributed by atoms with van der Waals surface area (Å²) in [6.07, 6.45) is -0.359. The number of hydrogen-bond acceptors (Lipinski definition) is 4. The Morgan fingerprint density at radius 3 is 2.53 bits per heavy atom. The second-order valence-corrected chi connectivity index (χ2v) is 8.89. The van der Waals surface area contributed by atoms with E-state index in [2.05, 4.69) is 6.07 Å². The molecule has 2 aromatic carbocycles. The average molecular weight is 403 g/mol. The third kappa shape index (κ3) is 3.76. The van der Waals surface area contributed by atoms with Crippen molar-refractivity contribution in [1.82, 2.24) is 9.80 Å². The second kappa shape index (κ2) is 7.49. The molecule has 0 aromatic heterocycles. The fraction of sp³-hybridized carbons (Fsp3) is 0.375. The summed E-state index contributed by atoms with van der Waals surface area (Å²) in [6.45, 7) is 6.93. The van der Waals surface area contributed by atoms with E-state index >= 15 is 0 Å². The number of rotatable bonds is 2. The maximum Gasteiger partial charge on any atom is 0.410 e. The molecule has 1 saturated heterocycles. The average Bonchev–Trinajstić information content (AvgIpc) is 3.29. The van der Waals surface area contributed by atoms with Crippen molar-refractivity contribution in [1.29, 1.82) is 5.26 Å². The molecule has 6 nitrogen and oxygen atoms in total. The third-order valence-electron chi connectivity index (χ3n) is 5.64. The van der Waals surface area contributed by atoms with Crippen molar-refractivity contribution in [2.24, 2.45) is 0 Å². The molecule has 30 heavy (non-hydrogen) atoms. The summed E-state index contributed by atoms with van der Waals surface area (Å²) in [5.41, 5.74) is 2.49. The Labute approximate surface area is 176 Å². The fourth-order valence-electron chi connectivity index (χ4n) is 4.27. The molecule has 2 amide bonds. The Bertz CT molecular complexity index is 1020. The summed E-state index contributed by atoms with van der Waals surface area (Å²) < 4.78 is 5.58. The minimum Gasteiger partial charge on any atom is -0.444 e. The first-order valence-corrected chi connectivity index (χ1v) is 10.1. The van der Waals surface area contributed by atoms with Crippen molar-refractivity contribution in [3.8, 4) is 6.07 Å². The van der Waals surface area contributed by atoms with Crippen molar-refractivity contribution >= 4 is 12.0 Å². The van der Waals surface area contributed by atoms with Gasteiger partial charge in [-0.2, -0.15) is 5.26 Å². The molecule has 6 heteroatoms. The van der Waals surface area contributed by atoms with Gasteiger partial charge in [0.15, 0.2) is 0 Å². The van der Waals surface area contributed by atoms with Crippen molar-refractivity contribution < 1.29 is 14.3 Å². The highest BCUT2D eigenvalue weighted by atomic mass is 16.6. The number of carbonyl (C=O) groups excluding carboxylic acids is 2. The number of likely N-dealkylation sites (tertiary alicyclic amines) is 1. The van der Waals surface area contributed by atoms with Crippen LogP contribution in [-0.2, 0) is 11.3 Å². The highest BCUT2D eigenvalue weighted by Crippen LogP contribution is 2.36. The van der Waals surface area contributed by atoms with Gasteiger partial charge >= 0.3 is 6.09 Å². The molecule has 0 bridgehead atoms. The van der Waals surface area contributed by atoms with Crippen molar-refractivity contribution in [3.05, 3.63) is 70.8 Å². The number of fused-ring (bicyclic) bond motifs is 1. The molecule has 2 atom stereocenters. The molecule has 2 aliphatic rings. The van der Waals surface area contributed by atoms with E-state index in [0.29, 0.717) is 30.8 Å². The first-order valence-electron chi connectivity index (χ1n) is 10.1. The summed E-state index contributed by atoms with van der Waals surface area (Å²) in [7, 11) is 0. The lowest BCUT2D eigenvalue weighted by atomic mass is 9.93. The predicted octanol–water partition coefficient (Wildman–Crippen LogP) is 3.92. The van der Waals surface area contributed by atoms with Gasteiger partial charge in [0, 0.05) is 31.1 Å². The molecular formula is C24H25N3O3. The topological polar surface area (TPSA) is 73.6 Å². The maximum absolute atomic E-state index is 13.2. The number of ether oxygens (including phenoxy) is 1. The Hall–Kier alpha value is -3.33. The number of nitrogens with zero attached hydrogens (tertiary/aromatic N) is 3. The van der Waals surface area contributed by atoms with E-state index in [4.69, 9.17) is 4.74 Å². The van der Waals surface area contributed by atoms with E-state index < -0.39 is 5.60 Å². The third-order valence-corrected chi connectivity index (χ3v) is 5.64. The molecule has 2 aliphatic heterocycles. The lowest BCUT2D eigenvalue weighted by molar-refractivity contribution is 0.0275. The van der Waals surface area contributed by atoms with Gasteiger partial charge in [0.25, 0.3) is 5.91 Å². The molecule has 0 saturated carbocycles. The highest BCUT2D eigenvalue weighted by molar-refractivity contribution is 5.99. The van der Waals surface area contributed by atoms with Gasteiger partial charge in [0.2, 0.25) is 0 Å². The number of nitriles is 1. The predicted molar refractivity (Wildman–Crippen MR) is 112 cm³/mol. The van der Waals surface area contributed by atoms with Gasteiger partial charge in [-0.1, -0.05) is 36.4 Å². The number of amides is 2. The molecule has 2 aromatic rings. The fourth-order valence-corrected chi connectivity index (χ4v) is 4.27. The molecule has 0 radical (unpaired) electrons. The van der Waals surface area contributed by atoms with Crippen LogP contribution in [0.25, 0.3) is 0 Å². The lowest BCUT2D eigenvalue weighted by Gasteiger charge is -2.29. The van der Waals surface area contributed by atoms with E-state index in [1.165, 1.54) is 0 Å².